The Morgan fingerprint density at radius 2 is 1.74 bits per heavy atom. The largest absolute Gasteiger partial charge is 0.508 e. The van der Waals surface area contributed by atoms with Crippen LogP contribution in [0.25, 0.3) is 22.2 Å². The van der Waals surface area contributed by atoms with Gasteiger partial charge in [-0.1, -0.05) is 37.3 Å². The number of hydrogen-bond acceptors (Lipinski definition) is 6. The summed E-state index contributed by atoms with van der Waals surface area (Å²) in [5, 5.41) is 24.9. The summed E-state index contributed by atoms with van der Waals surface area (Å²) in [6, 6.07) is 20.9. The van der Waals surface area contributed by atoms with Crippen LogP contribution in [0, 0.1) is 0 Å². The molecule has 0 bridgehead atoms. The van der Waals surface area contributed by atoms with Crippen molar-refractivity contribution in [1.29, 1.82) is 0 Å². The highest BCUT2D eigenvalue weighted by atomic mass is 16.5. The van der Waals surface area contributed by atoms with Gasteiger partial charge < -0.3 is 14.9 Å². The fourth-order valence-electron chi connectivity index (χ4n) is 3.72. The number of rotatable bonds is 7. The third-order valence-corrected chi connectivity index (χ3v) is 5.34. The molecule has 7 heteroatoms. The molecule has 3 aromatic carbocycles. The first kappa shape index (κ1) is 22.8. The first-order chi connectivity index (χ1) is 16.5. The van der Waals surface area contributed by atoms with E-state index in [1.807, 2.05) is 62.4 Å². The van der Waals surface area contributed by atoms with Crippen LogP contribution >= 0.6 is 0 Å². The molecule has 1 amide bonds. The normalized spacial score (nSPS) is 11.4. The zero-order valence-corrected chi connectivity index (χ0v) is 18.9. The van der Waals surface area contributed by atoms with Gasteiger partial charge in [0.1, 0.15) is 17.2 Å². The molecular weight excluding hydrogens is 430 g/mol. The number of aromatic nitrogens is 1. The summed E-state index contributed by atoms with van der Waals surface area (Å²) >= 11 is 0. The molecule has 0 saturated heterocycles. The fraction of sp³-hybridized carbons (Fsp3) is 0.148. The number of nitrogens with zero attached hydrogens (tertiary/aromatic N) is 2. The Morgan fingerprint density at radius 1 is 0.971 bits per heavy atom. The van der Waals surface area contributed by atoms with Crippen LogP contribution in [0.1, 0.15) is 36.2 Å². The molecular formula is C27H25N3O4. The van der Waals surface area contributed by atoms with Gasteiger partial charge >= 0.3 is 0 Å². The lowest BCUT2D eigenvalue weighted by Crippen LogP contribution is -2.20. The van der Waals surface area contributed by atoms with Gasteiger partial charge in [-0.25, -0.2) is 10.4 Å². The third-order valence-electron chi connectivity index (χ3n) is 5.34. The molecule has 4 rings (SSSR count). The van der Waals surface area contributed by atoms with E-state index in [2.05, 4.69) is 10.5 Å². The van der Waals surface area contributed by atoms with E-state index in [1.165, 1.54) is 18.2 Å². The van der Waals surface area contributed by atoms with Crippen LogP contribution in [0.3, 0.4) is 0 Å². The molecule has 4 aromatic rings. The monoisotopic (exact) mass is 455 g/mol. The second-order valence-corrected chi connectivity index (χ2v) is 7.56. The highest BCUT2D eigenvalue weighted by Crippen LogP contribution is 2.31. The number of carbonyl (C=O) groups is 1. The molecule has 0 saturated carbocycles. The number of ether oxygens (including phenoxy) is 1. The van der Waals surface area contributed by atoms with Crippen molar-refractivity contribution in [3.05, 3.63) is 83.9 Å². The summed E-state index contributed by atoms with van der Waals surface area (Å²) in [5.41, 5.74) is 5.86. The van der Waals surface area contributed by atoms with Crippen molar-refractivity contribution in [2.75, 3.05) is 6.61 Å². The summed E-state index contributed by atoms with van der Waals surface area (Å²) in [6.45, 7) is 4.27. The molecule has 0 aliphatic carbocycles. The Hall–Kier alpha value is -4.39. The molecule has 172 valence electrons. The van der Waals surface area contributed by atoms with Crippen LogP contribution in [0.5, 0.6) is 17.2 Å². The molecule has 0 fully saturated rings. The molecule has 34 heavy (non-hydrogen) atoms. The van der Waals surface area contributed by atoms with Crippen molar-refractivity contribution in [2.24, 2.45) is 5.10 Å². The molecule has 7 nitrogen and oxygen atoms in total. The minimum absolute atomic E-state index is 0.00184. The number of aromatic hydroxyl groups is 2. The number of benzene rings is 3. The minimum Gasteiger partial charge on any atom is -0.508 e. The van der Waals surface area contributed by atoms with E-state index in [1.54, 1.807) is 6.07 Å². The van der Waals surface area contributed by atoms with E-state index in [-0.39, 0.29) is 11.5 Å². The average molecular weight is 456 g/mol. The maximum Gasteiger partial charge on any atom is 0.272 e. The number of hydrazone groups is 1. The van der Waals surface area contributed by atoms with Crippen LogP contribution in [0.15, 0.2) is 77.9 Å². The molecule has 0 radical (unpaired) electrons. The van der Waals surface area contributed by atoms with Crippen LogP contribution in [-0.4, -0.2) is 33.4 Å². The van der Waals surface area contributed by atoms with Gasteiger partial charge in [0.2, 0.25) is 0 Å². The SMILES string of the molecule is CCOc1ccccc1-c1cc(C(=O)N/N=C(\CC)c2cc(O)ccc2O)c2ccccc2n1. The zero-order valence-electron chi connectivity index (χ0n) is 18.9. The van der Waals surface area contributed by atoms with Crippen LogP contribution in [-0.2, 0) is 0 Å². The predicted molar refractivity (Wildman–Crippen MR) is 132 cm³/mol. The van der Waals surface area contributed by atoms with E-state index in [0.717, 1.165) is 5.56 Å². The molecule has 0 aliphatic heterocycles. The predicted octanol–water partition coefficient (Wildman–Crippen LogP) is 5.26. The Kier molecular flexibility index (Phi) is 6.73. The van der Waals surface area contributed by atoms with E-state index in [9.17, 15) is 15.0 Å². The van der Waals surface area contributed by atoms with E-state index in [0.29, 0.717) is 52.2 Å². The lowest BCUT2D eigenvalue weighted by Gasteiger charge is -2.13. The number of pyridine rings is 1. The third kappa shape index (κ3) is 4.68. The number of amides is 1. The van der Waals surface area contributed by atoms with E-state index in [4.69, 9.17) is 9.72 Å². The number of para-hydroxylation sites is 2. The number of nitrogens with one attached hydrogen (secondary N) is 1. The summed E-state index contributed by atoms with van der Waals surface area (Å²) < 4.78 is 5.76. The maximum absolute atomic E-state index is 13.3. The average Bonchev–Trinajstić information content (AvgIpc) is 2.86. The van der Waals surface area contributed by atoms with Gasteiger partial charge in [0.05, 0.1) is 29.1 Å². The van der Waals surface area contributed by atoms with Gasteiger partial charge in [-0.05, 0) is 55.8 Å². The zero-order chi connectivity index (χ0) is 24.1. The molecule has 3 N–H and O–H groups in total. The number of carbonyl (C=O) groups excluding carboxylic acids is 1. The van der Waals surface area contributed by atoms with Gasteiger partial charge in [-0.15, -0.1) is 0 Å². The van der Waals surface area contributed by atoms with Gasteiger partial charge in [-0.2, -0.15) is 5.10 Å². The van der Waals surface area contributed by atoms with Crippen molar-refractivity contribution in [3.8, 4) is 28.5 Å². The van der Waals surface area contributed by atoms with Crippen molar-refractivity contribution in [2.45, 2.75) is 20.3 Å². The molecule has 0 atom stereocenters. The summed E-state index contributed by atoms with van der Waals surface area (Å²) in [5.74, 6) is 0.235. The Balaban J connectivity index is 1.76. The topological polar surface area (TPSA) is 104 Å². The van der Waals surface area contributed by atoms with Crippen LogP contribution in [0.4, 0.5) is 0 Å². The lowest BCUT2D eigenvalue weighted by atomic mass is 10.0. The van der Waals surface area contributed by atoms with Gasteiger partial charge in [0.25, 0.3) is 5.91 Å². The second-order valence-electron chi connectivity index (χ2n) is 7.56. The molecule has 1 aromatic heterocycles. The Labute approximate surface area is 197 Å². The number of phenols is 2. The smallest absolute Gasteiger partial charge is 0.272 e. The second kappa shape index (κ2) is 10.0. The standard InChI is InChI=1S/C27H25N3O4/c1-3-22(21-15-17(31)13-14-25(21)32)29-30-27(33)20-16-24(28-23-11-7-5-9-18(20)23)19-10-6-8-12-26(19)34-4-2/h5-16,31-32H,3-4H2,1-2H3,(H,30,33)/b29-22+. The quantitative estimate of drug-likeness (QED) is 0.200. The van der Waals surface area contributed by atoms with E-state index >= 15 is 0 Å². The minimum atomic E-state index is -0.417. The maximum atomic E-state index is 13.3. The highest BCUT2D eigenvalue weighted by Gasteiger charge is 2.16. The van der Waals surface area contributed by atoms with Gasteiger partial charge in [0.15, 0.2) is 0 Å². The van der Waals surface area contributed by atoms with Crippen LogP contribution < -0.4 is 10.2 Å². The Morgan fingerprint density at radius 3 is 2.53 bits per heavy atom. The van der Waals surface area contributed by atoms with Crippen LogP contribution in [0.2, 0.25) is 0 Å². The molecule has 0 aliphatic rings. The summed E-state index contributed by atoms with van der Waals surface area (Å²) in [7, 11) is 0. The summed E-state index contributed by atoms with van der Waals surface area (Å²) in [6.07, 6.45) is 0.432. The molecule has 1 heterocycles. The van der Waals surface area contributed by atoms with Gasteiger partial charge in [-0.3, -0.25) is 4.79 Å². The highest BCUT2D eigenvalue weighted by molar-refractivity contribution is 6.09. The molecule has 0 spiro atoms. The Bertz CT molecular complexity index is 1380. The van der Waals surface area contributed by atoms with Crippen molar-refractivity contribution in [3.63, 3.8) is 0 Å². The van der Waals surface area contributed by atoms with Gasteiger partial charge in [0, 0.05) is 16.5 Å². The number of hydrogen-bond donors (Lipinski definition) is 3. The summed E-state index contributed by atoms with van der Waals surface area (Å²) in [4.78, 5) is 18.0. The molecule has 0 unspecified atom stereocenters. The first-order valence-electron chi connectivity index (χ1n) is 11.0. The van der Waals surface area contributed by atoms with E-state index < -0.39 is 5.91 Å². The fourth-order valence-corrected chi connectivity index (χ4v) is 3.72. The number of phenolic OH excluding ortho intramolecular Hbond substituents is 2. The number of fused-ring (bicyclic) bond motifs is 1. The first-order valence-corrected chi connectivity index (χ1v) is 11.0. The van der Waals surface area contributed by atoms with Crippen molar-refractivity contribution < 1.29 is 19.7 Å². The van der Waals surface area contributed by atoms with Crippen molar-refractivity contribution >= 4 is 22.5 Å². The van der Waals surface area contributed by atoms with Crippen molar-refractivity contribution in [1.82, 2.24) is 10.4 Å². The lowest BCUT2D eigenvalue weighted by molar-refractivity contribution is 0.0956.